The van der Waals surface area contributed by atoms with Crippen molar-refractivity contribution < 1.29 is 4.74 Å². The first-order chi connectivity index (χ1) is 5.90. The van der Waals surface area contributed by atoms with Crippen LogP contribution in [0.5, 0.6) is 0 Å². The molecule has 1 aliphatic heterocycles. The van der Waals surface area contributed by atoms with Crippen molar-refractivity contribution in [1.82, 2.24) is 4.98 Å². The molecule has 1 aromatic rings. The van der Waals surface area contributed by atoms with Gasteiger partial charge in [-0.3, -0.25) is 0 Å². The van der Waals surface area contributed by atoms with Gasteiger partial charge in [0, 0.05) is 23.6 Å². The molecular weight excluding hydrogens is 194 g/mol. The Morgan fingerprint density at radius 3 is 3.25 bits per heavy atom. The quantitative estimate of drug-likeness (QED) is 0.689. The summed E-state index contributed by atoms with van der Waals surface area (Å²) in [5, 5.41) is 1.18. The van der Waals surface area contributed by atoms with E-state index in [4.69, 9.17) is 16.3 Å². The van der Waals surface area contributed by atoms with E-state index in [2.05, 4.69) is 4.98 Å². The van der Waals surface area contributed by atoms with E-state index in [1.165, 1.54) is 5.01 Å². The van der Waals surface area contributed by atoms with Crippen molar-refractivity contribution in [2.24, 2.45) is 0 Å². The maximum absolute atomic E-state index is 5.69. The molecule has 66 valence electrons. The summed E-state index contributed by atoms with van der Waals surface area (Å²) in [6, 6.07) is 0. The van der Waals surface area contributed by atoms with Crippen LogP contribution in [0.3, 0.4) is 0 Å². The molecule has 1 saturated heterocycles. The van der Waals surface area contributed by atoms with Crippen molar-refractivity contribution in [3.8, 4) is 0 Å². The zero-order chi connectivity index (χ0) is 8.39. The first-order valence-corrected chi connectivity index (χ1v) is 5.33. The Hall–Kier alpha value is -0.120. The summed E-state index contributed by atoms with van der Waals surface area (Å²) in [6.07, 6.45) is 2.97. The van der Waals surface area contributed by atoms with Gasteiger partial charge in [-0.1, -0.05) is 0 Å². The second-order valence-electron chi connectivity index (χ2n) is 2.86. The maximum Gasteiger partial charge on any atom is 0.0982 e. The molecule has 0 aliphatic carbocycles. The van der Waals surface area contributed by atoms with E-state index in [0.29, 0.717) is 11.8 Å². The van der Waals surface area contributed by atoms with Crippen molar-refractivity contribution in [3.63, 3.8) is 0 Å². The van der Waals surface area contributed by atoms with Gasteiger partial charge in [0.1, 0.15) is 0 Å². The molecule has 0 spiro atoms. The molecule has 0 radical (unpaired) electrons. The van der Waals surface area contributed by atoms with Crippen LogP contribution in [0.25, 0.3) is 0 Å². The first-order valence-electron chi connectivity index (χ1n) is 3.98. The van der Waals surface area contributed by atoms with Gasteiger partial charge in [-0.15, -0.1) is 22.9 Å². The van der Waals surface area contributed by atoms with Gasteiger partial charge in [0.05, 0.1) is 17.5 Å². The molecule has 1 atom stereocenters. The highest BCUT2D eigenvalue weighted by atomic mass is 35.5. The van der Waals surface area contributed by atoms with Crippen molar-refractivity contribution in [2.75, 3.05) is 13.2 Å². The largest absolute Gasteiger partial charge is 0.381 e. The van der Waals surface area contributed by atoms with Crippen molar-refractivity contribution in [1.29, 1.82) is 0 Å². The van der Waals surface area contributed by atoms with E-state index in [0.717, 1.165) is 24.5 Å². The predicted molar refractivity (Wildman–Crippen MR) is 49.8 cm³/mol. The zero-order valence-corrected chi connectivity index (χ0v) is 8.20. The van der Waals surface area contributed by atoms with E-state index in [1.807, 2.05) is 6.20 Å². The molecule has 0 saturated carbocycles. The van der Waals surface area contributed by atoms with Crippen LogP contribution in [0, 0.1) is 0 Å². The lowest BCUT2D eigenvalue weighted by molar-refractivity contribution is 0.194. The normalized spacial score (nSPS) is 23.2. The summed E-state index contributed by atoms with van der Waals surface area (Å²) in [7, 11) is 0. The fourth-order valence-electron chi connectivity index (χ4n) is 1.30. The molecule has 1 unspecified atom stereocenters. The highest BCUT2D eigenvalue weighted by Crippen LogP contribution is 2.29. The minimum atomic E-state index is 0.520. The minimum absolute atomic E-state index is 0.520. The number of rotatable bonds is 2. The Morgan fingerprint density at radius 1 is 1.75 bits per heavy atom. The standard InChI is InChI=1S/C8H10ClNOS/c9-3-7-4-10-8(12-7)6-1-2-11-5-6/h4,6H,1-3,5H2. The third-order valence-electron chi connectivity index (χ3n) is 1.98. The molecule has 0 aromatic carbocycles. The SMILES string of the molecule is ClCc1cnc(C2CCOC2)s1. The van der Waals surface area contributed by atoms with Gasteiger partial charge in [0.2, 0.25) is 0 Å². The highest BCUT2D eigenvalue weighted by Gasteiger charge is 2.20. The van der Waals surface area contributed by atoms with Gasteiger partial charge in [0.25, 0.3) is 0 Å². The third kappa shape index (κ3) is 1.63. The number of aromatic nitrogens is 1. The number of halogens is 1. The zero-order valence-electron chi connectivity index (χ0n) is 6.62. The molecule has 4 heteroatoms. The smallest absolute Gasteiger partial charge is 0.0982 e. The second kappa shape index (κ2) is 3.73. The topological polar surface area (TPSA) is 22.1 Å². The maximum atomic E-state index is 5.69. The van der Waals surface area contributed by atoms with Gasteiger partial charge < -0.3 is 4.74 Å². The summed E-state index contributed by atoms with van der Waals surface area (Å²) in [4.78, 5) is 5.47. The second-order valence-corrected chi connectivity index (χ2v) is 4.27. The number of hydrogen-bond acceptors (Lipinski definition) is 3. The Bertz CT molecular complexity index is 257. The summed E-state index contributed by atoms with van der Waals surface area (Å²) in [6.45, 7) is 1.70. The van der Waals surface area contributed by atoms with Crippen LogP contribution in [-0.4, -0.2) is 18.2 Å². The first kappa shape index (κ1) is 8.48. The molecule has 0 bridgehead atoms. The van der Waals surface area contributed by atoms with Crippen LogP contribution >= 0.6 is 22.9 Å². The molecule has 12 heavy (non-hydrogen) atoms. The number of alkyl halides is 1. The van der Waals surface area contributed by atoms with Crippen molar-refractivity contribution >= 4 is 22.9 Å². The minimum Gasteiger partial charge on any atom is -0.381 e. The van der Waals surface area contributed by atoms with Crippen LogP contribution in [0.4, 0.5) is 0 Å². The van der Waals surface area contributed by atoms with Crippen LogP contribution in [-0.2, 0) is 10.6 Å². The Morgan fingerprint density at radius 2 is 2.67 bits per heavy atom. The van der Waals surface area contributed by atoms with E-state index >= 15 is 0 Å². The molecule has 0 amide bonds. The lowest BCUT2D eigenvalue weighted by Gasteiger charge is -1.99. The van der Waals surface area contributed by atoms with Crippen molar-refractivity contribution in [3.05, 3.63) is 16.1 Å². The van der Waals surface area contributed by atoms with Crippen LogP contribution in [0.15, 0.2) is 6.20 Å². The molecule has 2 rings (SSSR count). The molecular formula is C8H10ClNOS. The third-order valence-corrected chi connectivity index (χ3v) is 3.59. The number of nitrogens with zero attached hydrogens (tertiary/aromatic N) is 1. The Kier molecular flexibility index (Phi) is 2.63. The van der Waals surface area contributed by atoms with Gasteiger partial charge in [0.15, 0.2) is 0 Å². The lowest BCUT2D eigenvalue weighted by Crippen LogP contribution is -1.95. The average Bonchev–Trinajstić information content (AvgIpc) is 2.75. The predicted octanol–water partition coefficient (Wildman–Crippen LogP) is 2.39. The molecule has 1 fully saturated rings. The average molecular weight is 204 g/mol. The summed E-state index contributed by atoms with van der Waals surface area (Å²) >= 11 is 7.39. The lowest BCUT2D eigenvalue weighted by atomic mass is 10.1. The van der Waals surface area contributed by atoms with Gasteiger partial charge in [-0.25, -0.2) is 4.98 Å². The summed E-state index contributed by atoms with van der Waals surface area (Å²) in [5.41, 5.74) is 0. The summed E-state index contributed by atoms with van der Waals surface area (Å²) < 4.78 is 5.29. The van der Waals surface area contributed by atoms with Crippen LogP contribution in [0.1, 0.15) is 22.2 Å². The number of thiazole rings is 1. The van der Waals surface area contributed by atoms with Crippen LogP contribution in [0.2, 0.25) is 0 Å². The van der Waals surface area contributed by atoms with E-state index < -0.39 is 0 Å². The van der Waals surface area contributed by atoms with E-state index in [1.54, 1.807) is 11.3 Å². The molecule has 2 heterocycles. The van der Waals surface area contributed by atoms with Crippen LogP contribution < -0.4 is 0 Å². The monoisotopic (exact) mass is 203 g/mol. The number of ether oxygens (including phenoxy) is 1. The fraction of sp³-hybridized carbons (Fsp3) is 0.625. The molecule has 1 aromatic heterocycles. The van der Waals surface area contributed by atoms with Gasteiger partial charge in [-0.05, 0) is 6.42 Å². The summed E-state index contributed by atoms with van der Waals surface area (Å²) in [5.74, 6) is 1.09. The van der Waals surface area contributed by atoms with Gasteiger partial charge >= 0.3 is 0 Å². The molecule has 2 nitrogen and oxygen atoms in total. The number of hydrogen-bond donors (Lipinski definition) is 0. The Balaban J connectivity index is 2.11. The van der Waals surface area contributed by atoms with E-state index in [9.17, 15) is 0 Å². The fourth-order valence-corrected chi connectivity index (χ4v) is 2.42. The Labute approximate surface area is 80.5 Å². The molecule has 0 N–H and O–H groups in total. The molecule has 1 aliphatic rings. The highest BCUT2D eigenvalue weighted by molar-refractivity contribution is 7.11. The van der Waals surface area contributed by atoms with E-state index in [-0.39, 0.29) is 0 Å². The van der Waals surface area contributed by atoms with Gasteiger partial charge in [-0.2, -0.15) is 0 Å². The van der Waals surface area contributed by atoms with Crippen molar-refractivity contribution in [2.45, 2.75) is 18.2 Å².